The third-order valence-electron chi connectivity index (χ3n) is 8.61. The third-order valence-corrected chi connectivity index (χ3v) is 8.61. The summed E-state index contributed by atoms with van der Waals surface area (Å²) in [5.41, 5.74) is 21.7. The van der Waals surface area contributed by atoms with Crippen LogP contribution < -0.4 is 54.8 Å². The normalized spacial score (nSPS) is 13.2. The molecule has 16 N–H and O–H groups in total. The number of aromatic hydroxyl groups is 1. The van der Waals surface area contributed by atoms with Crippen molar-refractivity contribution in [1.29, 1.82) is 0 Å². The average molecular weight is 844 g/mol. The van der Waals surface area contributed by atoms with Crippen LogP contribution in [0.15, 0.2) is 47.7 Å². The number of primary amides is 1. The molecule has 60 heavy (non-hydrogen) atoms. The summed E-state index contributed by atoms with van der Waals surface area (Å²) in [6.07, 6.45) is 3.47. The molecule has 0 unspecified atom stereocenters. The summed E-state index contributed by atoms with van der Waals surface area (Å²) in [5, 5.41) is 45.7. The Balaban J connectivity index is 2.37. The highest BCUT2D eigenvalue weighted by atomic mass is 16.6. The highest BCUT2D eigenvalue weighted by Crippen LogP contribution is 2.27. The number of nitro groups is 1. The van der Waals surface area contributed by atoms with Gasteiger partial charge in [0.2, 0.25) is 41.4 Å². The zero-order chi connectivity index (χ0) is 44.8. The largest absolute Gasteiger partial charge is 0.502 e. The number of nitrogens with zero attached hydrogens (tertiary/aromatic N) is 3. The van der Waals surface area contributed by atoms with Crippen LogP contribution in [0.5, 0.6) is 5.75 Å². The number of carbonyl (C=O) groups excluding carboxylic acids is 7. The fourth-order valence-corrected chi connectivity index (χ4v) is 5.59. The van der Waals surface area contributed by atoms with Gasteiger partial charge in [0.1, 0.15) is 30.2 Å². The van der Waals surface area contributed by atoms with Crippen LogP contribution in [0, 0.1) is 10.1 Å². The number of unbranched alkanes of at least 4 members (excludes halogenated alkanes) is 1. The lowest BCUT2D eigenvalue weighted by Gasteiger charge is -2.25. The lowest BCUT2D eigenvalue weighted by molar-refractivity contribution is -0.385. The number of hydrogen-bond donors (Lipinski definition) is 12. The van der Waals surface area contributed by atoms with E-state index in [9.17, 15) is 53.9 Å². The van der Waals surface area contributed by atoms with Crippen molar-refractivity contribution in [2.45, 2.75) is 82.1 Å². The number of guanidine groups is 1. The maximum absolute atomic E-state index is 14.0. The average Bonchev–Trinajstić information content (AvgIpc) is 3.19. The first kappa shape index (κ1) is 49.2. The van der Waals surface area contributed by atoms with Gasteiger partial charge in [-0.1, -0.05) is 12.1 Å². The minimum absolute atomic E-state index is 0.0104. The molecule has 0 spiro atoms. The fraction of sp³-hybridized carbons (Fsp3) is 0.472. The number of carbonyl (C=O) groups is 7. The van der Waals surface area contributed by atoms with E-state index in [4.69, 9.17) is 22.9 Å². The summed E-state index contributed by atoms with van der Waals surface area (Å²) < 4.78 is 0. The number of hydrogen-bond acceptors (Lipinski definition) is 14. The van der Waals surface area contributed by atoms with Crippen molar-refractivity contribution < 1.29 is 48.7 Å². The van der Waals surface area contributed by atoms with Crippen LogP contribution in [0.3, 0.4) is 0 Å². The topological polar surface area (TPSA) is 405 Å². The molecule has 0 fully saturated rings. The van der Waals surface area contributed by atoms with E-state index < -0.39 is 107 Å². The molecule has 5 atom stereocenters. The molecule has 0 bridgehead atoms. The number of amides is 7. The SMILES string of the molecule is CC(=O)N[C@@H](CO)C(=O)N[C@@H](CCCCN)C(=O)NCC(=O)N[C@@H](Cc1cccnc1)C(=O)N[C@@H](Cc1ccc(O)c([N+](=O)[O-])c1)C(=O)N[C@@H](CCCN=C(N)N)C(N)=O. The number of aliphatic hydroxyl groups excluding tert-OH is 1. The van der Waals surface area contributed by atoms with Crippen LogP contribution in [0.2, 0.25) is 0 Å². The van der Waals surface area contributed by atoms with Crippen LogP contribution in [-0.2, 0) is 46.4 Å². The van der Waals surface area contributed by atoms with Gasteiger partial charge in [0.05, 0.1) is 18.1 Å². The van der Waals surface area contributed by atoms with E-state index in [1.54, 1.807) is 12.1 Å². The predicted molar refractivity (Wildman–Crippen MR) is 214 cm³/mol. The molecule has 0 saturated carbocycles. The minimum atomic E-state index is -1.55. The van der Waals surface area contributed by atoms with Gasteiger partial charge < -0.3 is 65.0 Å². The van der Waals surface area contributed by atoms with Gasteiger partial charge in [-0.25, -0.2) is 0 Å². The maximum atomic E-state index is 14.0. The quantitative estimate of drug-likeness (QED) is 0.0140. The summed E-state index contributed by atoms with van der Waals surface area (Å²) in [4.78, 5) is 109. The molecule has 24 nitrogen and oxygen atoms in total. The van der Waals surface area contributed by atoms with Crippen LogP contribution in [0.4, 0.5) is 5.69 Å². The first-order chi connectivity index (χ1) is 28.4. The Labute approximate surface area is 344 Å². The molecule has 24 heteroatoms. The first-order valence-corrected chi connectivity index (χ1v) is 18.7. The van der Waals surface area contributed by atoms with Crippen LogP contribution in [0.1, 0.15) is 50.2 Å². The van der Waals surface area contributed by atoms with E-state index in [0.29, 0.717) is 24.9 Å². The van der Waals surface area contributed by atoms with Crippen LogP contribution >= 0.6 is 0 Å². The lowest BCUT2D eigenvalue weighted by Crippen LogP contribution is -2.58. The molecular weight excluding hydrogens is 790 g/mol. The second-order valence-corrected chi connectivity index (χ2v) is 13.4. The Kier molecular flexibility index (Phi) is 20.8. The van der Waals surface area contributed by atoms with Crippen LogP contribution in [-0.4, -0.2) is 124 Å². The number of aliphatic imine (C=N–C) groups is 1. The third kappa shape index (κ3) is 17.7. The van der Waals surface area contributed by atoms with E-state index in [1.807, 2.05) is 0 Å². The number of nitrogens with two attached hydrogens (primary N) is 4. The Bertz CT molecular complexity index is 1840. The van der Waals surface area contributed by atoms with Gasteiger partial charge in [-0.05, 0) is 61.9 Å². The summed E-state index contributed by atoms with van der Waals surface area (Å²) >= 11 is 0. The molecule has 2 rings (SSSR count). The highest BCUT2D eigenvalue weighted by molar-refractivity contribution is 5.96. The number of nitro benzene ring substituents is 1. The molecule has 7 amide bonds. The van der Waals surface area contributed by atoms with E-state index in [-0.39, 0.29) is 43.8 Å². The van der Waals surface area contributed by atoms with Crippen molar-refractivity contribution in [3.63, 3.8) is 0 Å². The van der Waals surface area contributed by atoms with E-state index >= 15 is 0 Å². The number of rotatable bonds is 26. The standard InChI is InChI=1S/C36H53N13O11/c1-20(51)44-27(19-50)35(58)47-24(7-2-3-11-37)32(55)43-18-30(53)45-25(15-22-6-4-12-41-17-22)33(56)48-26(14-21-9-10-29(52)28(16-21)49(59)60)34(57)46-23(31(38)54)8-5-13-42-36(39)40/h4,6,9-10,12,16-17,23-27,50,52H,2-3,5,7-8,11,13-15,18-19,37H2,1H3,(H2,38,54)(H,43,55)(H,44,51)(H,45,53)(H,46,57)(H,47,58)(H,48,56)(H4,39,40,42)/t23-,24-,25-,26-,27-/m0/s1. The maximum Gasteiger partial charge on any atom is 0.310 e. The molecule has 1 heterocycles. The smallest absolute Gasteiger partial charge is 0.310 e. The summed E-state index contributed by atoms with van der Waals surface area (Å²) in [7, 11) is 0. The zero-order valence-corrected chi connectivity index (χ0v) is 32.9. The van der Waals surface area contributed by atoms with Crippen molar-refractivity contribution in [2.24, 2.45) is 27.9 Å². The molecule has 1 aromatic heterocycles. The first-order valence-electron chi connectivity index (χ1n) is 18.7. The Morgan fingerprint density at radius 2 is 1.42 bits per heavy atom. The zero-order valence-electron chi connectivity index (χ0n) is 32.9. The number of aliphatic hydroxyl groups is 1. The number of aromatic nitrogens is 1. The molecule has 0 radical (unpaired) electrons. The van der Waals surface area contributed by atoms with Crippen LogP contribution in [0.25, 0.3) is 0 Å². The Morgan fingerprint density at radius 1 is 0.800 bits per heavy atom. The number of phenolic OH excluding ortho intramolecular Hbond substituents is 1. The van der Waals surface area contributed by atoms with Gasteiger partial charge in [0.15, 0.2) is 11.7 Å². The summed E-state index contributed by atoms with van der Waals surface area (Å²) in [5.74, 6) is -6.78. The number of pyridine rings is 1. The second-order valence-electron chi connectivity index (χ2n) is 13.4. The fourth-order valence-electron chi connectivity index (χ4n) is 5.59. The van der Waals surface area contributed by atoms with Crippen molar-refractivity contribution in [3.05, 3.63) is 64.0 Å². The molecule has 1 aromatic carbocycles. The molecule has 2 aromatic rings. The van der Waals surface area contributed by atoms with Crippen molar-refractivity contribution in [3.8, 4) is 5.75 Å². The van der Waals surface area contributed by atoms with Gasteiger partial charge >= 0.3 is 5.69 Å². The van der Waals surface area contributed by atoms with E-state index in [0.717, 1.165) is 19.1 Å². The molecule has 0 aliphatic carbocycles. The van der Waals surface area contributed by atoms with Crippen molar-refractivity contribution in [1.82, 2.24) is 36.9 Å². The lowest BCUT2D eigenvalue weighted by atomic mass is 10.0. The van der Waals surface area contributed by atoms with Crippen molar-refractivity contribution in [2.75, 3.05) is 26.2 Å². The number of benzene rings is 1. The second kappa shape index (κ2) is 25.4. The van der Waals surface area contributed by atoms with E-state index in [2.05, 4.69) is 41.9 Å². The molecule has 0 saturated heterocycles. The molecular formula is C36H53N13O11. The van der Waals surface area contributed by atoms with Gasteiger partial charge in [-0.2, -0.15) is 0 Å². The van der Waals surface area contributed by atoms with Gasteiger partial charge in [-0.15, -0.1) is 0 Å². The Hall–Kier alpha value is -6.95. The van der Waals surface area contributed by atoms with Gasteiger partial charge in [-0.3, -0.25) is 53.7 Å². The minimum Gasteiger partial charge on any atom is -0.502 e. The predicted octanol–water partition coefficient (Wildman–Crippen LogP) is -4.30. The van der Waals surface area contributed by atoms with Gasteiger partial charge in [0, 0.05) is 44.8 Å². The molecule has 328 valence electrons. The number of phenols is 1. The summed E-state index contributed by atoms with van der Waals surface area (Å²) in [6, 6.07) is -0.321. The van der Waals surface area contributed by atoms with E-state index in [1.165, 1.54) is 18.5 Å². The molecule has 0 aliphatic heterocycles. The molecule has 0 aliphatic rings. The monoisotopic (exact) mass is 843 g/mol. The number of nitrogens with one attached hydrogen (secondary N) is 6. The Morgan fingerprint density at radius 3 is 2.00 bits per heavy atom. The van der Waals surface area contributed by atoms with Crippen molar-refractivity contribution >= 4 is 53.0 Å². The van der Waals surface area contributed by atoms with Gasteiger partial charge in [0.25, 0.3) is 0 Å². The highest BCUT2D eigenvalue weighted by Gasteiger charge is 2.31. The summed E-state index contributed by atoms with van der Waals surface area (Å²) in [6.45, 7) is 0.0763.